The maximum atomic E-state index is 10.3. The first-order valence-corrected chi connectivity index (χ1v) is 7.10. The molecule has 19 heavy (non-hydrogen) atoms. The van der Waals surface area contributed by atoms with Crippen LogP contribution in [0.25, 0.3) is 0 Å². The predicted molar refractivity (Wildman–Crippen MR) is 79.6 cm³/mol. The van der Waals surface area contributed by atoms with Crippen molar-refractivity contribution in [3.05, 3.63) is 30.3 Å². The van der Waals surface area contributed by atoms with Crippen LogP contribution in [0.2, 0.25) is 0 Å². The van der Waals surface area contributed by atoms with Crippen LogP contribution in [0.5, 0.6) is 0 Å². The molecule has 0 aromatic heterocycles. The van der Waals surface area contributed by atoms with Crippen LogP contribution >= 0.6 is 0 Å². The van der Waals surface area contributed by atoms with E-state index in [2.05, 4.69) is 46.8 Å². The van der Waals surface area contributed by atoms with Crippen molar-refractivity contribution in [1.29, 1.82) is 0 Å². The van der Waals surface area contributed by atoms with Gasteiger partial charge in [-0.05, 0) is 31.5 Å². The first kappa shape index (κ1) is 14.3. The largest absolute Gasteiger partial charge is 0.387 e. The summed E-state index contributed by atoms with van der Waals surface area (Å²) in [5.41, 5.74) is 0.658. The SMILES string of the molecule is CN(CCNCC1(O)CCCNC1)c1ccccc1. The molecule has 0 aliphatic carbocycles. The van der Waals surface area contributed by atoms with Crippen LogP contribution in [0.3, 0.4) is 0 Å². The first-order valence-electron chi connectivity index (χ1n) is 7.10. The van der Waals surface area contributed by atoms with E-state index in [1.54, 1.807) is 0 Å². The van der Waals surface area contributed by atoms with E-state index in [-0.39, 0.29) is 0 Å². The number of nitrogens with one attached hydrogen (secondary N) is 2. The summed E-state index contributed by atoms with van der Waals surface area (Å²) in [7, 11) is 2.09. The van der Waals surface area contributed by atoms with Crippen LogP contribution in [-0.4, -0.2) is 50.5 Å². The highest BCUT2D eigenvalue weighted by Crippen LogP contribution is 2.14. The summed E-state index contributed by atoms with van der Waals surface area (Å²) in [6.07, 6.45) is 1.95. The van der Waals surface area contributed by atoms with Gasteiger partial charge in [-0.3, -0.25) is 0 Å². The second-order valence-corrected chi connectivity index (χ2v) is 5.44. The summed E-state index contributed by atoms with van der Waals surface area (Å²) in [6.45, 7) is 4.22. The number of likely N-dealkylation sites (N-methyl/N-ethyl adjacent to an activating group) is 1. The number of β-amino-alcohol motifs (C(OH)–C–C–N with tert-alkyl or cyclic N) is 1. The van der Waals surface area contributed by atoms with E-state index in [9.17, 15) is 5.11 Å². The summed E-state index contributed by atoms with van der Waals surface area (Å²) in [5.74, 6) is 0. The molecule has 4 nitrogen and oxygen atoms in total. The molecule has 0 radical (unpaired) electrons. The van der Waals surface area contributed by atoms with Crippen molar-refractivity contribution in [3.63, 3.8) is 0 Å². The van der Waals surface area contributed by atoms with Gasteiger partial charge >= 0.3 is 0 Å². The van der Waals surface area contributed by atoms with Crippen molar-refractivity contribution in [2.24, 2.45) is 0 Å². The molecule has 0 spiro atoms. The molecule has 0 saturated carbocycles. The van der Waals surface area contributed by atoms with E-state index in [1.165, 1.54) is 5.69 Å². The molecule has 1 heterocycles. The van der Waals surface area contributed by atoms with E-state index in [1.807, 2.05) is 6.07 Å². The number of rotatable bonds is 6. The topological polar surface area (TPSA) is 47.5 Å². The number of hydrogen-bond acceptors (Lipinski definition) is 4. The summed E-state index contributed by atoms with van der Waals surface area (Å²) < 4.78 is 0. The quantitative estimate of drug-likeness (QED) is 0.665. The van der Waals surface area contributed by atoms with Gasteiger partial charge in [-0.15, -0.1) is 0 Å². The molecule has 3 N–H and O–H groups in total. The first-order chi connectivity index (χ1) is 9.20. The van der Waals surface area contributed by atoms with Crippen LogP contribution in [0.15, 0.2) is 30.3 Å². The molecular formula is C15H25N3O. The minimum absolute atomic E-state index is 0.566. The summed E-state index contributed by atoms with van der Waals surface area (Å²) in [6, 6.07) is 10.4. The average Bonchev–Trinajstić information content (AvgIpc) is 2.45. The Kier molecular flexibility index (Phi) is 5.19. The number of nitrogens with zero attached hydrogens (tertiary/aromatic N) is 1. The summed E-state index contributed by atoms with van der Waals surface area (Å²) in [4.78, 5) is 2.22. The fraction of sp³-hybridized carbons (Fsp3) is 0.600. The van der Waals surface area contributed by atoms with E-state index in [0.717, 1.165) is 32.5 Å². The number of aliphatic hydroxyl groups is 1. The van der Waals surface area contributed by atoms with Gasteiger partial charge < -0.3 is 20.6 Å². The van der Waals surface area contributed by atoms with Gasteiger partial charge in [0.25, 0.3) is 0 Å². The van der Waals surface area contributed by atoms with Gasteiger partial charge in [0.15, 0.2) is 0 Å². The van der Waals surface area contributed by atoms with Gasteiger partial charge in [0.2, 0.25) is 0 Å². The lowest BCUT2D eigenvalue weighted by Crippen LogP contribution is -2.52. The Morgan fingerprint density at radius 3 is 2.84 bits per heavy atom. The zero-order valence-electron chi connectivity index (χ0n) is 11.7. The normalized spacial score (nSPS) is 23.3. The van der Waals surface area contributed by atoms with Crippen LogP contribution in [-0.2, 0) is 0 Å². The molecule has 1 aromatic rings. The van der Waals surface area contributed by atoms with E-state index in [4.69, 9.17) is 0 Å². The second-order valence-electron chi connectivity index (χ2n) is 5.44. The Morgan fingerprint density at radius 2 is 2.16 bits per heavy atom. The molecule has 106 valence electrons. The third-order valence-corrected chi connectivity index (χ3v) is 3.72. The fourth-order valence-electron chi connectivity index (χ4n) is 2.48. The lowest BCUT2D eigenvalue weighted by molar-refractivity contribution is 0.0175. The third-order valence-electron chi connectivity index (χ3n) is 3.72. The molecule has 1 unspecified atom stereocenters. The highest BCUT2D eigenvalue weighted by molar-refractivity contribution is 5.44. The van der Waals surface area contributed by atoms with Crippen LogP contribution < -0.4 is 15.5 Å². The second kappa shape index (κ2) is 6.89. The fourth-order valence-corrected chi connectivity index (χ4v) is 2.48. The molecule has 0 amide bonds. The van der Waals surface area contributed by atoms with Gasteiger partial charge in [0.05, 0.1) is 5.60 Å². The Labute approximate surface area is 115 Å². The highest BCUT2D eigenvalue weighted by Gasteiger charge is 2.28. The van der Waals surface area contributed by atoms with E-state index >= 15 is 0 Å². The molecule has 1 aliphatic heterocycles. The number of anilines is 1. The maximum Gasteiger partial charge on any atom is 0.0895 e. The van der Waals surface area contributed by atoms with Crippen LogP contribution in [0, 0.1) is 0 Å². The monoisotopic (exact) mass is 263 g/mol. The molecule has 1 fully saturated rings. The van der Waals surface area contributed by atoms with Gasteiger partial charge in [-0.25, -0.2) is 0 Å². The van der Waals surface area contributed by atoms with Crippen molar-refractivity contribution < 1.29 is 5.11 Å². The Bertz CT molecular complexity index is 363. The number of para-hydroxylation sites is 1. The van der Waals surface area contributed by atoms with Crippen LogP contribution in [0.4, 0.5) is 5.69 Å². The standard InChI is InChI=1S/C15H25N3O/c1-18(14-6-3-2-4-7-14)11-10-17-13-15(19)8-5-9-16-12-15/h2-4,6-7,16-17,19H,5,8-13H2,1H3. The minimum Gasteiger partial charge on any atom is -0.387 e. The van der Waals surface area contributed by atoms with E-state index < -0.39 is 5.60 Å². The zero-order chi connectivity index (χ0) is 13.6. The Morgan fingerprint density at radius 1 is 1.37 bits per heavy atom. The molecule has 1 aliphatic rings. The van der Waals surface area contributed by atoms with Crippen molar-refractivity contribution in [1.82, 2.24) is 10.6 Å². The predicted octanol–water partition coefficient (Wildman–Crippen LogP) is 0.827. The van der Waals surface area contributed by atoms with Gasteiger partial charge in [0, 0.05) is 38.9 Å². The molecule has 0 bridgehead atoms. The van der Waals surface area contributed by atoms with Crippen LogP contribution in [0.1, 0.15) is 12.8 Å². The van der Waals surface area contributed by atoms with Crippen molar-refractivity contribution in [2.75, 3.05) is 44.7 Å². The molecule has 1 saturated heterocycles. The lowest BCUT2D eigenvalue weighted by atomic mass is 9.94. The number of piperidine rings is 1. The molecular weight excluding hydrogens is 238 g/mol. The number of benzene rings is 1. The minimum atomic E-state index is -0.566. The molecule has 1 atom stereocenters. The smallest absolute Gasteiger partial charge is 0.0895 e. The average molecular weight is 263 g/mol. The maximum absolute atomic E-state index is 10.3. The van der Waals surface area contributed by atoms with Crippen molar-refractivity contribution in [3.8, 4) is 0 Å². The van der Waals surface area contributed by atoms with Gasteiger partial charge in [-0.1, -0.05) is 18.2 Å². The highest BCUT2D eigenvalue weighted by atomic mass is 16.3. The van der Waals surface area contributed by atoms with Crippen molar-refractivity contribution >= 4 is 5.69 Å². The van der Waals surface area contributed by atoms with Gasteiger partial charge in [-0.2, -0.15) is 0 Å². The third kappa shape index (κ3) is 4.49. The Balaban J connectivity index is 1.66. The number of hydrogen-bond donors (Lipinski definition) is 3. The zero-order valence-corrected chi connectivity index (χ0v) is 11.7. The molecule has 1 aromatic carbocycles. The lowest BCUT2D eigenvalue weighted by Gasteiger charge is -2.33. The van der Waals surface area contributed by atoms with Gasteiger partial charge in [0.1, 0.15) is 0 Å². The molecule has 2 rings (SSSR count). The molecule has 4 heteroatoms. The Hall–Kier alpha value is -1.10. The van der Waals surface area contributed by atoms with Crippen molar-refractivity contribution in [2.45, 2.75) is 18.4 Å². The summed E-state index contributed by atoms with van der Waals surface area (Å²) >= 11 is 0. The summed E-state index contributed by atoms with van der Waals surface area (Å²) in [5, 5.41) is 16.9. The van der Waals surface area contributed by atoms with E-state index in [0.29, 0.717) is 13.1 Å².